The molecule has 0 radical (unpaired) electrons. The molecule has 1 rings (SSSR count). The van der Waals surface area contributed by atoms with E-state index in [4.69, 9.17) is 4.43 Å². The molecule has 0 saturated heterocycles. The minimum absolute atomic E-state index is 0.0747. The Balaban J connectivity index is 3.36. The first-order chi connectivity index (χ1) is 9.20. The third-order valence-electron chi connectivity index (χ3n) is 2.34. The van der Waals surface area contributed by atoms with E-state index >= 15 is 0 Å². The lowest BCUT2D eigenvalue weighted by atomic mass is 10.0. The van der Waals surface area contributed by atoms with Crippen molar-refractivity contribution in [2.45, 2.75) is 32.0 Å². The summed E-state index contributed by atoms with van der Waals surface area (Å²) in [5, 5.41) is 0. The highest BCUT2D eigenvalue weighted by molar-refractivity contribution is 6.70. The van der Waals surface area contributed by atoms with E-state index in [1.807, 2.05) is 0 Å². The Bertz CT molecular complexity index is 507. The lowest BCUT2D eigenvalue weighted by Crippen LogP contribution is -2.24. The summed E-state index contributed by atoms with van der Waals surface area (Å²) >= 11 is 0. The van der Waals surface area contributed by atoms with Crippen LogP contribution in [0.2, 0.25) is 19.6 Å². The average molecular weight is 328 g/mol. The van der Waals surface area contributed by atoms with Crippen molar-refractivity contribution in [1.82, 2.24) is 0 Å². The Kier molecular flexibility index (Phi) is 4.52. The third-order valence-corrected chi connectivity index (χ3v) is 3.20. The van der Waals surface area contributed by atoms with Crippen LogP contribution in [0.15, 0.2) is 24.8 Å². The fourth-order valence-electron chi connectivity index (χ4n) is 1.54. The van der Waals surface area contributed by atoms with E-state index in [-0.39, 0.29) is 17.4 Å². The van der Waals surface area contributed by atoms with E-state index < -0.39 is 31.8 Å². The van der Waals surface area contributed by atoms with Gasteiger partial charge in [0.2, 0.25) is 8.32 Å². The molecular formula is C13H14F6OSi. The van der Waals surface area contributed by atoms with E-state index in [1.54, 1.807) is 19.6 Å². The zero-order chi connectivity index (χ0) is 16.6. The van der Waals surface area contributed by atoms with Gasteiger partial charge in [0.05, 0.1) is 11.1 Å². The van der Waals surface area contributed by atoms with Crippen LogP contribution in [0.5, 0.6) is 0 Å². The zero-order valence-electron chi connectivity index (χ0n) is 11.6. The SMILES string of the molecule is C=C(O[Si](C)(C)C)c1cc(C(F)(F)F)cc(C(F)(F)F)c1. The van der Waals surface area contributed by atoms with Crippen LogP contribution in [0.3, 0.4) is 0 Å². The summed E-state index contributed by atoms with van der Waals surface area (Å²) in [5.74, 6) is -0.189. The highest BCUT2D eigenvalue weighted by atomic mass is 28.4. The Morgan fingerprint density at radius 1 is 0.905 bits per heavy atom. The molecule has 0 fully saturated rings. The number of alkyl halides is 6. The van der Waals surface area contributed by atoms with Gasteiger partial charge in [-0.1, -0.05) is 6.58 Å². The van der Waals surface area contributed by atoms with Crippen molar-refractivity contribution >= 4 is 14.1 Å². The minimum atomic E-state index is -4.88. The third kappa shape index (κ3) is 5.11. The predicted octanol–water partition coefficient (Wildman–Crippen LogP) is 5.55. The normalized spacial score (nSPS) is 13.2. The summed E-state index contributed by atoms with van der Waals surface area (Å²) in [6, 6.07) is 1.29. The molecule has 0 heterocycles. The number of hydrogen-bond donors (Lipinski definition) is 0. The van der Waals surface area contributed by atoms with Crippen molar-refractivity contribution in [2.75, 3.05) is 0 Å². The van der Waals surface area contributed by atoms with Crippen LogP contribution >= 0.6 is 0 Å². The van der Waals surface area contributed by atoms with Crippen molar-refractivity contribution in [3.8, 4) is 0 Å². The van der Waals surface area contributed by atoms with Gasteiger partial charge >= 0.3 is 12.4 Å². The molecule has 0 amide bonds. The quantitative estimate of drug-likeness (QED) is 0.402. The molecule has 1 aromatic rings. The van der Waals surface area contributed by atoms with Gasteiger partial charge in [-0.2, -0.15) is 26.3 Å². The highest BCUT2D eigenvalue weighted by Gasteiger charge is 2.37. The molecule has 118 valence electrons. The van der Waals surface area contributed by atoms with Crippen LogP contribution in [-0.4, -0.2) is 8.32 Å². The van der Waals surface area contributed by atoms with Gasteiger partial charge in [0, 0.05) is 5.56 Å². The maximum absolute atomic E-state index is 12.7. The summed E-state index contributed by atoms with van der Waals surface area (Å²) in [7, 11) is -2.19. The molecular weight excluding hydrogens is 314 g/mol. The van der Waals surface area contributed by atoms with Gasteiger partial charge in [0.1, 0.15) is 5.76 Å². The molecule has 0 aliphatic carbocycles. The molecule has 0 aromatic heterocycles. The van der Waals surface area contributed by atoms with Crippen molar-refractivity contribution in [2.24, 2.45) is 0 Å². The Morgan fingerprint density at radius 3 is 1.57 bits per heavy atom. The first-order valence-corrected chi connectivity index (χ1v) is 9.29. The number of benzene rings is 1. The number of halogens is 6. The first-order valence-electron chi connectivity index (χ1n) is 5.88. The van der Waals surface area contributed by atoms with Crippen LogP contribution in [0.1, 0.15) is 16.7 Å². The minimum Gasteiger partial charge on any atom is -0.544 e. The molecule has 0 aliphatic heterocycles. The van der Waals surface area contributed by atoms with Crippen molar-refractivity contribution < 1.29 is 30.8 Å². The van der Waals surface area contributed by atoms with Gasteiger partial charge < -0.3 is 4.43 Å². The summed E-state index contributed by atoms with van der Waals surface area (Å²) in [6.07, 6.45) is -9.76. The second-order valence-electron chi connectivity index (χ2n) is 5.43. The Hall–Kier alpha value is -1.44. The van der Waals surface area contributed by atoms with E-state index in [0.29, 0.717) is 12.1 Å². The summed E-state index contributed by atoms with van der Waals surface area (Å²) in [6.45, 7) is 8.67. The van der Waals surface area contributed by atoms with Crippen LogP contribution in [0.4, 0.5) is 26.3 Å². The molecule has 0 unspecified atom stereocenters. The van der Waals surface area contributed by atoms with Crippen LogP contribution in [-0.2, 0) is 16.8 Å². The van der Waals surface area contributed by atoms with Crippen molar-refractivity contribution in [1.29, 1.82) is 0 Å². The lowest BCUT2D eigenvalue weighted by molar-refractivity contribution is -0.143. The Labute approximate surface area is 119 Å². The number of rotatable bonds is 3. The monoisotopic (exact) mass is 328 g/mol. The summed E-state index contributed by atoms with van der Waals surface area (Å²) in [5.41, 5.74) is -3.08. The van der Waals surface area contributed by atoms with E-state index in [1.165, 1.54) is 0 Å². The molecule has 0 bridgehead atoms. The maximum atomic E-state index is 12.7. The van der Waals surface area contributed by atoms with Crippen molar-refractivity contribution in [3.63, 3.8) is 0 Å². The number of hydrogen-bond acceptors (Lipinski definition) is 1. The fourth-order valence-corrected chi connectivity index (χ4v) is 2.40. The summed E-state index contributed by atoms with van der Waals surface area (Å²) in [4.78, 5) is 0. The molecule has 0 atom stereocenters. The smallest absolute Gasteiger partial charge is 0.416 e. The molecule has 21 heavy (non-hydrogen) atoms. The molecule has 1 nitrogen and oxygen atoms in total. The highest BCUT2D eigenvalue weighted by Crippen LogP contribution is 2.37. The van der Waals surface area contributed by atoms with Gasteiger partial charge in [-0.05, 0) is 37.8 Å². The first kappa shape index (κ1) is 17.6. The van der Waals surface area contributed by atoms with Gasteiger partial charge in [-0.15, -0.1) is 0 Å². The van der Waals surface area contributed by atoms with Crippen LogP contribution in [0, 0.1) is 0 Å². The Morgan fingerprint density at radius 2 is 1.29 bits per heavy atom. The van der Waals surface area contributed by atoms with Gasteiger partial charge in [0.25, 0.3) is 0 Å². The molecule has 1 aromatic carbocycles. The predicted molar refractivity (Wildman–Crippen MR) is 69.9 cm³/mol. The molecule has 8 heteroatoms. The van der Waals surface area contributed by atoms with E-state index in [0.717, 1.165) is 0 Å². The van der Waals surface area contributed by atoms with Gasteiger partial charge in [-0.25, -0.2) is 0 Å². The maximum Gasteiger partial charge on any atom is 0.416 e. The zero-order valence-corrected chi connectivity index (χ0v) is 12.6. The van der Waals surface area contributed by atoms with Crippen molar-refractivity contribution in [3.05, 3.63) is 41.5 Å². The van der Waals surface area contributed by atoms with E-state index in [9.17, 15) is 26.3 Å². The standard InChI is InChI=1S/C13H14F6OSi/c1-8(20-21(2,3)4)9-5-10(12(14,15)16)7-11(6-9)13(17,18)19/h5-7H,1H2,2-4H3. The second-order valence-corrected chi connectivity index (χ2v) is 9.86. The average Bonchev–Trinajstić information content (AvgIpc) is 2.23. The molecule has 0 N–H and O–H groups in total. The lowest BCUT2D eigenvalue weighted by Gasteiger charge is -2.22. The van der Waals surface area contributed by atoms with Gasteiger partial charge in [-0.3, -0.25) is 0 Å². The van der Waals surface area contributed by atoms with Crippen LogP contribution < -0.4 is 0 Å². The topological polar surface area (TPSA) is 9.23 Å². The molecule has 0 aliphatic rings. The fraction of sp³-hybridized carbons (Fsp3) is 0.385. The largest absolute Gasteiger partial charge is 0.544 e. The molecule has 0 spiro atoms. The molecule has 0 saturated carbocycles. The van der Waals surface area contributed by atoms with E-state index in [2.05, 4.69) is 6.58 Å². The van der Waals surface area contributed by atoms with Gasteiger partial charge in [0.15, 0.2) is 0 Å². The summed E-state index contributed by atoms with van der Waals surface area (Å²) < 4.78 is 81.6. The second kappa shape index (κ2) is 5.40. The van der Waals surface area contributed by atoms with Crippen LogP contribution in [0.25, 0.3) is 5.76 Å².